The average Bonchev–Trinajstić information content (AvgIpc) is 2.73. The van der Waals surface area contributed by atoms with Crippen LogP contribution < -0.4 is 20.3 Å². The largest absolute Gasteiger partial charge is 0.493 e. The molecule has 1 heterocycles. The normalized spacial score (nSPS) is 10.7. The van der Waals surface area contributed by atoms with E-state index in [0.29, 0.717) is 41.2 Å². The van der Waals surface area contributed by atoms with Crippen molar-refractivity contribution in [3.63, 3.8) is 0 Å². The SMILES string of the molecule is COc1ccc(CNC(=O)CCc2nc3ccccc3c(=O)n2C)cc1OC. The van der Waals surface area contributed by atoms with E-state index >= 15 is 0 Å². The Morgan fingerprint density at radius 1 is 1.11 bits per heavy atom. The van der Waals surface area contributed by atoms with E-state index in [4.69, 9.17) is 9.47 Å². The number of methoxy groups -OCH3 is 2. The standard InChI is InChI=1S/C21H23N3O4/c1-24-19(23-16-7-5-4-6-15(16)21(24)26)10-11-20(25)22-13-14-8-9-17(27-2)18(12-14)28-3/h4-9,12H,10-11,13H2,1-3H3,(H,22,25). The van der Waals surface area contributed by atoms with Crippen molar-refractivity contribution in [3.05, 3.63) is 64.2 Å². The maximum Gasteiger partial charge on any atom is 0.261 e. The summed E-state index contributed by atoms with van der Waals surface area (Å²) in [6.07, 6.45) is 0.625. The molecule has 1 aromatic heterocycles. The first-order valence-electron chi connectivity index (χ1n) is 8.95. The molecule has 0 saturated carbocycles. The summed E-state index contributed by atoms with van der Waals surface area (Å²) < 4.78 is 12.0. The topological polar surface area (TPSA) is 82.5 Å². The van der Waals surface area contributed by atoms with Crippen LogP contribution in [0.3, 0.4) is 0 Å². The Labute approximate surface area is 162 Å². The summed E-state index contributed by atoms with van der Waals surface area (Å²) in [5, 5.41) is 3.45. The van der Waals surface area contributed by atoms with Crippen LogP contribution in [0.4, 0.5) is 0 Å². The molecule has 0 aliphatic rings. The van der Waals surface area contributed by atoms with Gasteiger partial charge in [-0.1, -0.05) is 18.2 Å². The molecule has 3 rings (SSSR count). The number of fused-ring (bicyclic) bond motifs is 1. The van der Waals surface area contributed by atoms with Crippen LogP contribution in [0.1, 0.15) is 17.8 Å². The monoisotopic (exact) mass is 381 g/mol. The van der Waals surface area contributed by atoms with Gasteiger partial charge in [-0.15, -0.1) is 0 Å². The first-order valence-corrected chi connectivity index (χ1v) is 8.95. The molecular formula is C21H23N3O4. The van der Waals surface area contributed by atoms with Crippen molar-refractivity contribution in [2.45, 2.75) is 19.4 Å². The van der Waals surface area contributed by atoms with Crippen LogP contribution in [-0.2, 0) is 24.8 Å². The third-order valence-electron chi connectivity index (χ3n) is 4.59. The number of para-hydroxylation sites is 1. The summed E-state index contributed by atoms with van der Waals surface area (Å²) in [5.41, 5.74) is 1.44. The number of amides is 1. The quantitative estimate of drug-likeness (QED) is 0.678. The Morgan fingerprint density at radius 2 is 1.86 bits per heavy atom. The number of hydrogen-bond donors (Lipinski definition) is 1. The van der Waals surface area contributed by atoms with Gasteiger partial charge in [0.2, 0.25) is 5.91 Å². The molecule has 1 amide bonds. The van der Waals surface area contributed by atoms with Gasteiger partial charge in [-0.25, -0.2) is 4.98 Å². The molecule has 146 valence electrons. The first kappa shape index (κ1) is 19.4. The average molecular weight is 381 g/mol. The number of aryl methyl sites for hydroxylation is 1. The van der Waals surface area contributed by atoms with Crippen molar-refractivity contribution >= 4 is 16.8 Å². The molecule has 7 nitrogen and oxygen atoms in total. The van der Waals surface area contributed by atoms with E-state index in [0.717, 1.165) is 5.56 Å². The van der Waals surface area contributed by atoms with Crippen LogP contribution in [0.2, 0.25) is 0 Å². The highest BCUT2D eigenvalue weighted by Crippen LogP contribution is 2.27. The maximum atomic E-state index is 12.4. The van der Waals surface area contributed by atoms with Crippen LogP contribution in [-0.4, -0.2) is 29.7 Å². The molecule has 2 aromatic carbocycles. The third kappa shape index (κ3) is 4.14. The molecule has 28 heavy (non-hydrogen) atoms. The molecule has 1 N–H and O–H groups in total. The number of rotatable bonds is 7. The van der Waals surface area contributed by atoms with Gasteiger partial charge >= 0.3 is 0 Å². The molecule has 0 radical (unpaired) electrons. The van der Waals surface area contributed by atoms with Crippen molar-refractivity contribution in [3.8, 4) is 11.5 Å². The predicted molar refractivity (Wildman–Crippen MR) is 107 cm³/mol. The van der Waals surface area contributed by atoms with E-state index in [-0.39, 0.29) is 17.9 Å². The van der Waals surface area contributed by atoms with Crippen LogP contribution in [0.15, 0.2) is 47.3 Å². The molecule has 0 atom stereocenters. The maximum absolute atomic E-state index is 12.4. The molecule has 0 aliphatic heterocycles. The van der Waals surface area contributed by atoms with Crippen molar-refractivity contribution in [2.24, 2.45) is 7.05 Å². The molecule has 0 spiro atoms. The second kappa shape index (κ2) is 8.56. The summed E-state index contributed by atoms with van der Waals surface area (Å²) >= 11 is 0. The first-order chi connectivity index (χ1) is 13.5. The number of nitrogens with zero attached hydrogens (tertiary/aromatic N) is 2. The minimum Gasteiger partial charge on any atom is -0.493 e. The van der Waals surface area contributed by atoms with Gasteiger partial charge in [0, 0.05) is 26.4 Å². The van der Waals surface area contributed by atoms with E-state index in [1.54, 1.807) is 39.5 Å². The zero-order valence-corrected chi connectivity index (χ0v) is 16.2. The van der Waals surface area contributed by atoms with Crippen LogP contribution in [0.25, 0.3) is 10.9 Å². The fourth-order valence-electron chi connectivity index (χ4n) is 2.99. The van der Waals surface area contributed by atoms with Crippen LogP contribution in [0, 0.1) is 0 Å². The van der Waals surface area contributed by atoms with E-state index in [2.05, 4.69) is 10.3 Å². The Kier molecular flexibility index (Phi) is 5.93. The number of carbonyl (C=O) groups excluding carboxylic acids is 1. The van der Waals surface area contributed by atoms with E-state index in [1.165, 1.54) is 4.57 Å². The Balaban J connectivity index is 1.63. The molecule has 0 fully saturated rings. The van der Waals surface area contributed by atoms with Crippen LogP contribution >= 0.6 is 0 Å². The minimum absolute atomic E-state index is 0.105. The van der Waals surface area contributed by atoms with Crippen molar-refractivity contribution in [1.82, 2.24) is 14.9 Å². The smallest absolute Gasteiger partial charge is 0.261 e. The summed E-state index contributed by atoms with van der Waals surface area (Å²) in [5.74, 6) is 1.73. The van der Waals surface area contributed by atoms with Gasteiger partial charge in [0.15, 0.2) is 11.5 Å². The minimum atomic E-state index is -0.114. The lowest BCUT2D eigenvalue weighted by molar-refractivity contribution is -0.121. The highest BCUT2D eigenvalue weighted by molar-refractivity contribution is 5.78. The van der Waals surface area contributed by atoms with Crippen molar-refractivity contribution in [1.29, 1.82) is 0 Å². The van der Waals surface area contributed by atoms with E-state index in [9.17, 15) is 9.59 Å². The highest BCUT2D eigenvalue weighted by atomic mass is 16.5. The van der Waals surface area contributed by atoms with Gasteiger partial charge in [0.25, 0.3) is 5.56 Å². The number of nitrogens with one attached hydrogen (secondary N) is 1. The number of aromatic nitrogens is 2. The van der Waals surface area contributed by atoms with Gasteiger partial charge in [0.1, 0.15) is 5.82 Å². The summed E-state index contributed by atoms with van der Waals surface area (Å²) in [6.45, 7) is 0.378. The van der Waals surface area contributed by atoms with Gasteiger partial charge in [-0.05, 0) is 29.8 Å². The van der Waals surface area contributed by atoms with Gasteiger partial charge < -0.3 is 14.8 Å². The molecule has 0 unspecified atom stereocenters. The third-order valence-corrected chi connectivity index (χ3v) is 4.59. The number of ether oxygens (including phenoxy) is 2. The van der Waals surface area contributed by atoms with Crippen LogP contribution in [0.5, 0.6) is 11.5 Å². The molecule has 3 aromatic rings. The second-order valence-corrected chi connectivity index (χ2v) is 6.38. The van der Waals surface area contributed by atoms with E-state index < -0.39 is 0 Å². The fourth-order valence-corrected chi connectivity index (χ4v) is 2.99. The lowest BCUT2D eigenvalue weighted by Gasteiger charge is -2.11. The highest BCUT2D eigenvalue weighted by Gasteiger charge is 2.11. The zero-order chi connectivity index (χ0) is 20.1. The second-order valence-electron chi connectivity index (χ2n) is 6.38. The predicted octanol–water partition coefficient (Wildman–Crippen LogP) is 2.20. The lowest BCUT2D eigenvalue weighted by Crippen LogP contribution is -2.26. The van der Waals surface area contributed by atoms with Gasteiger partial charge in [0.05, 0.1) is 25.1 Å². The van der Waals surface area contributed by atoms with Gasteiger partial charge in [-0.3, -0.25) is 14.2 Å². The molecule has 0 bridgehead atoms. The molecular weight excluding hydrogens is 358 g/mol. The Morgan fingerprint density at radius 3 is 2.61 bits per heavy atom. The summed E-state index contributed by atoms with van der Waals surface area (Å²) in [6, 6.07) is 12.7. The fraction of sp³-hybridized carbons (Fsp3) is 0.286. The Hall–Kier alpha value is -3.35. The number of hydrogen-bond acceptors (Lipinski definition) is 5. The molecule has 0 saturated heterocycles. The van der Waals surface area contributed by atoms with Gasteiger partial charge in [-0.2, -0.15) is 0 Å². The molecule has 7 heteroatoms. The van der Waals surface area contributed by atoms with Crippen molar-refractivity contribution < 1.29 is 14.3 Å². The summed E-state index contributed by atoms with van der Waals surface area (Å²) in [4.78, 5) is 29.2. The number of carbonyl (C=O) groups is 1. The van der Waals surface area contributed by atoms with Crippen molar-refractivity contribution in [2.75, 3.05) is 14.2 Å². The zero-order valence-electron chi connectivity index (χ0n) is 16.2. The van der Waals surface area contributed by atoms with E-state index in [1.807, 2.05) is 24.3 Å². The Bertz CT molecular complexity index is 1060. The summed E-state index contributed by atoms with van der Waals surface area (Å²) in [7, 11) is 4.83. The number of benzene rings is 2. The lowest BCUT2D eigenvalue weighted by atomic mass is 10.2. The molecule has 0 aliphatic carbocycles.